The second-order valence-electron chi connectivity index (χ2n) is 5.82. The number of esters is 3. The Balaban J connectivity index is 1.99. The van der Waals surface area contributed by atoms with Gasteiger partial charge in [-0.25, -0.2) is 18.8 Å². The van der Waals surface area contributed by atoms with Gasteiger partial charge in [0.25, 0.3) is 5.91 Å². The van der Waals surface area contributed by atoms with Crippen molar-refractivity contribution in [1.29, 1.82) is 0 Å². The van der Waals surface area contributed by atoms with Crippen molar-refractivity contribution in [2.75, 3.05) is 26.1 Å². The number of carbonyl (C=O) groups is 4. The van der Waals surface area contributed by atoms with Crippen LogP contribution in [0.1, 0.15) is 26.3 Å². The smallest absolute Gasteiger partial charge is 0.337 e. The zero-order valence-electron chi connectivity index (χ0n) is 16.1. The highest BCUT2D eigenvalue weighted by Crippen LogP contribution is 2.17. The molecule has 156 valence electrons. The third kappa shape index (κ3) is 6.55. The van der Waals surface area contributed by atoms with Gasteiger partial charge in [-0.2, -0.15) is 0 Å². The van der Waals surface area contributed by atoms with Crippen molar-refractivity contribution in [2.24, 2.45) is 0 Å². The van der Waals surface area contributed by atoms with Gasteiger partial charge in [-0.1, -0.05) is 12.1 Å². The maximum Gasteiger partial charge on any atom is 0.337 e. The number of hydrogen-bond donors (Lipinski definition) is 1. The number of anilines is 1. The predicted octanol–water partition coefficient (Wildman–Crippen LogP) is 2.59. The molecule has 0 aromatic heterocycles. The van der Waals surface area contributed by atoms with Crippen molar-refractivity contribution in [3.63, 3.8) is 0 Å². The zero-order chi connectivity index (χ0) is 22.1. The van der Waals surface area contributed by atoms with E-state index in [1.807, 2.05) is 0 Å². The quantitative estimate of drug-likeness (QED) is 0.421. The molecule has 0 aliphatic rings. The van der Waals surface area contributed by atoms with Gasteiger partial charge < -0.3 is 19.5 Å². The van der Waals surface area contributed by atoms with Gasteiger partial charge in [0.05, 0.1) is 25.3 Å². The molecule has 0 radical (unpaired) electrons. The van der Waals surface area contributed by atoms with Crippen LogP contribution in [0.15, 0.2) is 48.5 Å². The fourth-order valence-electron chi connectivity index (χ4n) is 2.29. The topological polar surface area (TPSA) is 108 Å². The number of rotatable bonds is 7. The minimum Gasteiger partial charge on any atom is -0.465 e. The van der Waals surface area contributed by atoms with Crippen LogP contribution in [0.2, 0.25) is 0 Å². The molecule has 30 heavy (non-hydrogen) atoms. The summed E-state index contributed by atoms with van der Waals surface area (Å²) in [6.45, 7) is -0.609. The summed E-state index contributed by atoms with van der Waals surface area (Å²) in [5.41, 5.74) is 0.735. The number of methoxy groups -OCH3 is 2. The molecule has 0 atom stereocenters. The third-order valence-electron chi connectivity index (χ3n) is 3.69. The van der Waals surface area contributed by atoms with Crippen LogP contribution in [-0.4, -0.2) is 44.6 Å². The second-order valence-corrected chi connectivity index (χ2v) is 5.82. The maximum atomic E-state index is 12.8. The number of ether oxygens (including phenoxy) is 3. The van der Waals surface area contributed by atoms with Crippen molar-refractivity contribution < 1.29 is 37.8 Å². The number of halogens is 1. The summed E-state index contributed by atoms with van der Waals surface area (Å²) in [6.07, 6.45) is 2.50. The molecule has 2 rings (SSSR count). The van der Waals surface area contributed by atoms with E-state index in [-0.39, 0.29) is 16.8 Å². The Morgan fingerprint density at radius 2 is 1.50 bits per heavy atom. The van der Waals surface area contributed by atoms with Crippen LogP contribution in [0.25, 0.3) is 6.08 Å². The molecule has 0 heterocycles. The fourth-order valence-corrected chi connectivity index (χ4v) is 2.29. The summed E-state index contributed by atoms with van der Waals surface area (Å²) >= 11 is 0. The Labute approximate surface area is 171 Å². The normalized spacial score (nSPS) is 10.4. The lowest BCUT2D eigenvalue weighted by molar-refractivity contribution is -0.142. The molecule has 9 heteroatoms. The van der Waals surface area contributed by atoms with Crippen LogP contribution in [0, 0.1) is 5.82 Å². The molecule has 0 aliphatic heterocycles. The summed E-state index contributed by atoms with van der Waals surface area (Å²) in [6, 6.07) is 9.28. The zero-order valence-corrected chi connectivity index (χ0v) is 16.1. The lowest BCUT2D eigenvalue weighted by atomic mass is 10.1. The number of amides is 1. The third-order valence-corrected chi connectivity index (χ3v) is 3.69. The number of hydrogen-bond acceptors (Lipinski definition) is 7. The van der Waals surface area contributed by atoms with Crippen molar-refractivity contribution in [1.82, 2.24) is 0 Å². The first-order valence-corrected chi connectivity index (χ1v) is 8.54. The minimum atomic E-state index is -0.784. The van der Waals surface area contributed by atoms with Crippen molar-refractivity contribution in [2.45, 2.75) is 0 Å². The first kappa shape index (κ1) is 22.3. The molecule has 2 aromatic carbocycles. The monoisotopic (exact) mass is 415 g/mol. The molecule has 0 fully saturated rings. The first-order chi connectivity index (χ1) is 14.3. The molecule has 0 unspecified atom stereocenters. The lowest BCUT2D eigenvalue weighted by Gasteiger charge is -2.09. The molecule has 1 amide bonds. The summed E-state index contributed by atoms with van der Waals surface area (Å²) < 4.78 is 26.9. The first-order valence-electron chi connectivity index (χ1n) is 8.54. The molecular weight excluding hydrogens is 397 g/mol. The molecule has 1 N–H and O–H groups in total. The Morgan fingerprint density at radius 1 is 0.933 bits per heavy atom. The van der Waals surface area contributed by atoms with Crippen molar-refractivity contribution in [3.8, 4) is 0 Å². The van der Waals surface area contributed by atoms with Crippen LogP contribution < -0.4 is 5.32 Å². The van der Waals surface area contributed by atoms with E-state index < -0.39 is 36.2 Å². The number of carbonyl (C=O) groups excluding carboxylic acids is 4. The van der Waals surface area contributed by atoms with Gasteiger partial charge in [0.15, 0.2) is 6.61 Å². The van der Waals surface area contributed by atoms with Gasteiger partial charge >= 0.3 is 17.9 Å². The highest BCUT2D eigenvalue weighted by Gasteiger charge is 2.15. The van der Waals surface area contributed by atoms with E-state index in [0.717, 1.165) is 6.08 Å². The Hall–Kier alpha value is -4.01. The summed E-state index contributed by atoms with van der Waals surface area (Å²) in [5, 5.41) is 2.42. The van der Waals surface area contributed by atoms with Crippen LogP contribution in [-0.2, 0) is 23.8 Å². The summed E-state index contributed by atoms with van der Waals surface area (Å²) in [4.78, 5) is 47.3. The Kier molecular flexibility index (Phi) is 7.81. The molecular formula is C21H18FNO7. The van der Waals surface area contributed by atoms with E-state index in [4.69, 9.17) is 4.74 Å². The maximum absolute atomic E-state index is 12.8. The number of benzene rings is 2. The van der Waals surface area contributed by atoms with Gasteiger partial charge in [-0.15, -0.1) is 0 Å². The molecule has 0 bridgehead atoms. The van der Waals surface area contributed by atoms with E-state index in [9.17, 15) is 23.6 Å². The van der Waals surface area contributed by atoms with Crippen molar-refractivity contribution in [3.05, 3.63) is 71.0 Å². The van der Waals surface area contributed by atoms with Gasteiger partial charge in [0.1, 0.15) is 5.82 Å². The van der Waals surface area contributed by atoms with Crippen LogP contribution in [0.3, 0.4) is 0 Å². The Morgan fingerprint density at radius 3 is 2.03 bits per heavy atom. The molecule has 8 nitrogen and oxygen atoms in total. The number of nitrogens with one attached hydrogen (secondary N) is 1. The van der Waals surface area contributed by atoms with Crippen LogP contribution in [0.4, 0.5) is 10.1 Å². The van der Waals surface area contributed by atoms with Gasteiger partial charge in [-0.05, 0) is 42.0 Å². The standard InChI is InChI=1S/C21H18FNO7/c1-28-20(26)14-9-15(21(27)29-2)11-17(10-14)23-18(24)12-30-19(25)8-5-13-3-6-16(22)7-4-13/h3-11H,12H2,1-2H3,(H,23,24)/b8-5+. The largest absolute Gasteiger partial charge is 0.465 e. The second kappa shape index (κ2) is 10.5. The van der Waals surface area contributed by atoms with Gasteiger partial charge in [0.2, 0.25) is 0 Å². The molecule has 0 spiro atoms. The minimum absolute atomic E-state index is 0.0231. The average molecular weight is 415 g/mol. The molecule has 2 aromatic rings. The van der Waals surface area contributed by atoms with E-state index in [1.54, 1.807) is 0 Å². The van der Waals surface area contributed by atoms with E-state index in [1.165, 1.54) is 62.8 Å². The van der Waals surface area contributed by atoms with E-state index >= 15 is 0 Å². The predicted molar refractivity (Wildman–Crippen MR) is 104 cm³/mol. The van der Waals surface area contributed by atoms with Crippen molar-refractivity contribution >= 4 is 35.6 Å². The molecule has 0 saturated heterocycles. The Bertz CT molecular complexity index is 949. The van der Waals surface area contributed by atoms with E-state index in [2.05, 4.69) is 14.8 Å². The summed E-state index contributed by atoms with van der Waals surface area (Å²) in [5.74, 6) is -3.32. The molecule has 0 saturated carbocycles. The summed E-state index contributed by atoms with van der Waals surface area (Å²) in [7, 11) is 2.34. The fraction of sp³-hybridized carbons (Fsp3) is 0.143. The highest BCUT2D eigenvalue weighted by atomic mass is 19.1. The van der Waals surface area contributed by atoms with Gasteiger partial charge in [-0.3, -0.25) is 4.79 Å². The van der Waals surface area contributed by atoms with E-state index in [0.29, 0.717) is 5.56 Å². The lowest BCUT2D eigenvalue weighted by Crippen LogP contribution is -2.20. The average Bonchev–Trinajstić information content (AvgIpc) is 2.75. The van der Waals surface area contributed by atoms with Crippen LogP contribution in [0.5, 0.6) is 0 Å². The van der Waals surface area contributed by atoms with Gasteiger partial charge in [0, 0.05) is 11.8 Å². The van der Waals surface area contributed by atoms with Crippen LogP contribution >= 0.6 is 0 Å². The molecule has 0 aliphatic carbocycles. The highest BCUT2D eigenvalue weighted by molar-refractivity contribution is 6.00. The SMILES string of the molecule is COC(=O)c1cc(NC(=O)COC(=O)/C=C/c2ccc(F)cc2)cc(C(=O)OC)c1.